The van der Waals surface area contributed by atoms with Crippen molar-refractivity contribution in [2.75, 3.05) is 54.1 Å². The Hall–Kier alpha value is -0.500. The second-order valence-electron chi connectivity index (χ2n) is 13.6. The van der Waals surface area contributed by atoms with Gasteiger partial charge in [-0.1, -0.05) is 142 Å². The van der Waals surface area contributed by atoms with Crippen LogP contribution in [0, 0.1) is 0 Å². The maximum absolute atomic E-state index is 12.5. The van der Waals surface area contributed by atoms with Gasteiger partial charge in [-0.3, -0.25) is 9.36 Å². The third-order valence-corrected chi connectivity index (χ3v) is 8.87. The predicted octanol–water partition coefficient (Wildman–Crippen LogP) is 9.13. The Morgan fingerprint density at radius 2 is 1.05 bits per heavy atom. The molecule has 0 aromatic heterocycles. The predicted molar refractivity (Wildman–Crippen MR) is 181 cm³/mol. The molecule has 0 aliphatic carbocycles. The molecule has 264 valence electrons. The van der Waals surface area contributed by atoms with E-state index in [9.17, 15) is 14.3 Å². The van der Waals surface area contributed by atoms with Crippen LogP contribution in [0.3, 0.4) is 0 Å². The van der Waals surface area contributed by atoms with E-state index in [1.165, 1.54) is 109 Å². The Labute approximate surface area is 272 Å². The van der Waals surface area contributed by atoms with Crippen molar-refractivity contribution in [3.8, 4) is 0 Å². The first kappa shape index (κ1) is 43.5. The molecule has 0 saturated heterocycles. The molecule has 2 atom stereocenters. The number of rotatable bonds is 34. The first-order chi connectivity index (χ1) is 21.1. The highest BCUT2D eigenvalue weighted by atomic mass is 31.2. The van der Waals surface area contributed by atoms with E-state index in [1.54, 1.807) is 0 Å². The van der Waals surface area contributed by atoms with Gasteiger partial charge in [-0.05, 0) is 12.8 Å². The molecule has 0 spiro atoms. The summed E-state index contributed by atoms with van der Waals surface area (Å²) in [4.78, 5) is 24.8. The van der Waals surface area contributed by atoms with Gasteiger partial charge in [0.1, 0.15) is 19.3 Å². The monoisotopic (exact) mass is 650 g/mol. The lowest BCUT2D eigenvalue weighted by atomic mass is 10.0. The fourth-order valence-electron chi connectivity index (χ4n) is 5.02. The molecule has 0 N–H and O–H groups in total. The topological polar surface area (TPSA) is 94.1 Å². The number of nitrogens with zero attached hydrogens (tertiary/aromatic N) is 1. The summed E-state index contributed by atoms with van der Waals surface area (Å²) in [6.45, 7) is 5.41. The number of carbonyl (C=O) groups excluding carboxylic acids is 1. The molecular weight excluding hydrogens is 577 g/mol. The fourth-order valence-corrected chi connectivity index (χ4v) is 5.74. The number of quaternary nitrogens is 1. The van der Waals surface area contributed by atoms with Crippen molar-refractivity contribution >= 4 is 13.8 Å². The Kier molecular flexibility index (Phi) is 29.5. The summed E-state index contributed by atoms with van der Waals surface area (Å²) < 4.78 is 34.3. The molecule has 0 aliphatic heterocycles. The number of carbonyl (C=O) groups is 1. The van der Waals surface area contributed by atoms with Crippen molar-refractivity contribution in [2.24, 2.45) is 0 Å². The lowest BCUT2D eigenvalue weighted by Crippen LogP contribution is -2.37. The standard InChI is InChI=1S/C35H72NO7P/c1-6-8-10-12-14-16-17-18-19-21-23-25-27-30-40-32-34(33-42-44(38,39)41-31-29-36(3,4)5)43-35(37)28-26-24-22-20-15-13-11-9-7-2/h34H,6-33H2,1-5H3. The van der Waals surface area contributed by atoms with Gasteiger partial charge >= 0.3 is 5.97 Å². The van der Waals surface area contributed by atoms with E-state index in [1.807, 2.05) is 21.1 Å². The third-order valence-electron chi connectivity index (χ3n) is 7.91. The summed E-state index contributed by atoms with van der Waals surface area (Å²) in [6, 6.07) is 0. The molecule has 8 nitrogen and oxygen atoms in total. The van der Waals surface area contributed by atoms with Crippen molar-refractivity contribution in [1.82, 2.24) is 0 Å². The van der Waals surface area contributed by atoms with Crippen LogP contribution in [0.15, 0.2) is 0 Å². The molecule has 0 bridgehead atoms. The van der Waals surface area contributed by atoms with Gasteiger partial charge in [-0.15, -0.1) is 0 Å². The van der Waals surface area contributed by atoms with Crippen molar-refractivity contribution in [2.45, 2.75) is 168 Å². The van der Waals surface area contributed by atoms with Gasteiger partial charge < -0.3 is 27.9 Å². The van der Waals surface area contributed by atoms with Crippen LogP contribution < -0.4 is 4.89 Å². The largest absolute Gasteiger partial charge is 0.756 e. The van der Waals surface area contributed by atoms with Gasteiger partial charge in [0, 0.05) is 13.0 Å². The number of hydrogen-bond donors (Lipinski definition) is 0. The molecule has 0 aromatic carbocycles. The Morgan fingerprint density at radius 1 is 0.614 bits per heavy atom. The highest BCUT2D eigenvalue weighted by Gasteiger charge is 2.20. The molecule has 0 aliphatic rings. The zero-order valence-corrected chi connectivity index (χ0v) is 30.5. The average Bonchev–Trinajstić information content (AvgIpc) is 2.96. The summed E-state index contributed by atoms with van der Waals surface area (Å²) in [5, 5.41) is 0. The summed E-state index contributed by atoms with van der Waals surface area (Å²) in [5.74, 6) is -0.335. The van der Waals surface area contributed by atoms with Crippen LogP contribution in [-0.2, 0) is 27.9 Å². The van der Waals surface area contributed by atoms with Gasteiger partial charge in [-0.25, -0.2) is 0 Å². The van der Waals surface area contributed by atoms with E-state index < -0.39 is 13.9 Å². The van der Waals surface area contributed by atoms with E-state index in [0.29, 0.717) is 24.1 Å². The minimum absolute atomic E-state index is 0.0306. The molecule has 9 heteroatoms. The first-order valence-corrected chi connectivity index (χ1v) is 19.7. The highest BCUT2D eigenvalue weighted by Crippen LogP contribution is 2.38. The molecule has 0 rings (SSSR count). The normalized spacial score (nSPS) is 14.0. The number of esters is 1. The third kappa shape index (κ3) is 32.9. The highest BCUT2D eigenvalue weighted by molar-refractivity contribution is 7.45. The van der Waals surface area contributed by atoms with Gasteiger partial charge in [0.2, 0.25) is 0 Å². The summed E-state index contributed by atoms with van der Waals surface area (Å²) in [5.41, 5.74) is 0. The molecule has 0 fully saturated rings. The lowest BCUT2D eigenvalue weighted by Gasteiger charge is -2.28. The van der Waals surface area contributed by atoms with E-state index in [4.69, 9.17) is 18.5 Å². The van der Waals surface area contributed by atoms with Gasteiger partial charge in [0.25, 0.3) is 7.82 Å². The molecule has 0 aromatic rings. The maximum atomic E-state index is 12.5. The number of hydrogen-bond acceptors (Lipinski definition) is 7. The van der Waals surface area contributed by atoms with E-state index in [0.717, 1.165) is 32.1 Å². The Balaban J connectivity index is 4.27. The van der Waals surface area contributed by atoms with E-state index in [-0.39, 0.29) is 25.8 Å². The van der Waals surface area contributed by atoms with E-state index in [2.05, 4.69) is 13.8 Å². The first-order valence-electron chi connectivity index (χ1n) is 18.3. The summed E-state index contributed by atoms with van der Waals surface area (Å²) in [6.07, 6.45) is 26.8. The van der Waals surface area contributed by atoms with Crippen molar-refractivity contribution < 1.29 is 37.3 Å². The van der Waals surface area contributed by atoms with Gasteiger partial charge in [0.05, 0.1) is 34.4 Å². The quantitative estimate of drug-likeness (QED) is 0.0297. The van der Waals surface area contributed by atoms with E-state index >= 15 is 0 Å². The Morgan fingerprint density at radius 3 is 1.50 bits per heavy atom. The van der Waals surface area contributed by atoms with Gasteiger partial charge in [-0.2, -0.15) is 0 Å². The smallest absolute Gasteiger partial charge is 0.306 e. The molecule has 2 unspecified atom stereocenters. The van der Waals surface area contributed by atoms with Gasteiger partial charge in [0.15, 0.2) is 0 Å². The van der Waals surface area contributed by atoms with Crippen LogP contribution in [-0.4, -0.2) is 70.7 Å². The molecule has 0 heterocycles. The van der Waals surface area contributed by atoms with Crippen LogP contribution in [0.5, 0.6) is 0 Å². The molecule has 0 radical (unpaired) electrons. The van der Waals surface area contributed by atoms with Crippen LogP contribution >= 0.6 is 7.82 Å². The summed E-state index contributed by atoms with van der Waals surface area (Å²) in [7, 11) is 1.37. The van der Waals surface area contributed by atoms with Crippen LogP contribution in [0.4, 0.5) is 0 Å². The number of likely N-dealkylation sites (N-methyl/N-ethyl adjacent to an activating group) is 1. The summed E-state index contributed by atoms with van der Waals surface area (Å²) >= 11 is 0. The zero-order chi connectivity index (χ0) is 32.8. The zero-order valence-electron chi connectivity index (χ0n) is 29.6. The molecular formula is C35H72NO7P. The lowest BCUT2D eigenvalue weighted by molar-refractivity contribution is -0.870. The Bertz CT molecular complexity index is 686. The number of phosphoric ester groups is 1. The fraction of sp³-hybridized carbons (Fsp3) is 0.971. The maximum Gasteiger partial charge on any atom is 0.306 e. The molecule has 0 saturated carbocycles. The minimum atomic E-state index is -4.50. The van der Waals surface area contributed by atoms with Crippen LogP contribution in [0.2, 0.25) is 0 Å². The SMILES string of the molecule is CCCCCCCCCCCCCCCOCC(COP(=O)([O-])OCC[N+](C)(C)C)OC(=O)CCCCCCCCCCC. The minimum Gasteiger partial charge on any atom is -0.756 e. The van der Waals surface area contributed by atoms with Crippen molar-refractivity contribution in [3.63, 3.8) is 0 Å². The second kappa shape index (κ2) is 29.9. The molecule has 0 amide bonds. The average molecular weight is 650 g/mol. The van der Waals surface area contributed by atoms with Crippen molar-refractivity contribution in [3.05, 3.63) is 0 Å². The second-order valence-corrected chi connectivity index (χ2v) is 15.0. The number of ether oxygens (including phenoxy) is 2. The molecule has 44 heavy (non-hydrogen) atoms. The van der Waals surface area contributed by atoms with Crippen LogP contribution in [0.1, 0.15) is 162 Å². The van der Waals surface area contributed by atoms with Crippen molar-refractivity contribution in [1.29, 1.82) is 0 Å². The number of phosphoric acid groups is 1. The van der Waals surface area contributed by atoms with Crippen LogP contribution in [0.25, 0.3) is 0 Å². The number of unbranched alkanes of at least 4 members (excludes halogenated alkanes) is 20.